The maximum absolute atomic E-state index is 12.8. The molecule has 0 unspecified atom stereocenters. The van der Waals surface area contributed by atoms with E-state index >= 15 is 0 Å². The largest absolute Gasteiger partial charge is 0.377 e. The maximum Gasteiger partial charge on any atom is 0.274 e. The van der Waals surface area contributed by atoms with Gasteiger partial charge < -0.3 is 4.90 Å². The zero-order valence-corrected chi connectivity index (χ0v) is 15.4. The fourth-order valence-electron chi connectivity index (χ4n) is 2.82. The molecule has 0 fully saturated rings. The van der Waals surface area contributed by atoms with Gasteiger partial charge in [0.05, 0.1) is 4.90 Å². The van der Waals surface area contributed by atoms with Crippen molar-refractivity contribution in [3.05, 3.63) is 78.4 Å². The number of rotatable bonds is 4. The molecule has 5 heteroatoms. The molecule has 0 spiro atoms. The van der Waals surface area contributed by atoms with E-state index in [2.05, 4.69) is 0 Å². The summed E-state index contributed by atoms with van der Waals surface area (Å²) in [6.45, 7) is 0. The lowest BCUT2D eigenvalue weighted by Crippen LogP contribution is -2.13. The van der Waals surface area contributed by atoms with Gasteiger partial charge in [0.25, 0.3) is 5.12 Å². The highest BCUT2D eigenvalue weighted by atomic mass is 32.2. The average molecular weight is 365 g/mol. The first-order chi connectivity index (χ1) is 12.4. The topological polar surface area (TPSA) is 54.5 Å². The van der Waals surface area contributed by atoms with Gasteiger partial charge in [-0.15, -0.1) is 0 Å². The molecular formula is C21H19NO3S. The first-order valence-corrected chi connectivity index (χ1v) is 9.61. The second-order valence-corrected chi connectivity index (χ2v) is 7.94. The summed E-state index contributed by atoms with van der Waals surface area (Å²) < 4.78 is 25.7. The molecule has 0 aliphatic rings. The van der Waals surface area contributed by atoms with Gasteiger partial charge in [-0.2, -0.15) is 0 Å². The van der Waals surface area contributed by atoms with Gasteiger partial charge in [-0.25, -0.2) is 8.42 Å². The normalized spacial score (nSPS) is 11.8. The molecule has 0 bridgehead atoms. The Morgan fingerprint density at radius 1 is 0.846 bits per heavy atom. The van der Waals surface area contributed by atoms with E-state index in [1.807, 2.05) is 49.3 Å². The van der Waals surface area contributed by atoms with Crippen molar-refractivity contribution >= 4 is 37.5 Å². The van der Waals surface area contributed by atoms with Crippen LogP contribution in [0, 0.1) is 0 Å². The van der Waals surface area contributed by atoms with Gasteiger partial charge in [0.2, 0.25) is 9.84 Å². The molecule has 3 aromatic carbocycles. The van der Waals surface area contributed by atoms with Crippen LogP contribution in [0.25, 0.3) is 16.8 Å². The van der Waals surface area contributed by atoms with E-state index in [4.69, 9.17) is 0 Å². The van der Waals surface area contributed by atoms with Gasteiger partial charge in [-0.05, 0) is 23.8 Å². The number of carbonyl (C=O) groups excluding carboxylic acids is 1. The number of carbonyl (C=O) groups is 1. The van der Waals surface area contributed by atoms with Crippen molar-refractivity contribution in [2.24, 2.45) is 0 Å². The molecule has 0 aliphatic carbocycles. The third-order valence-corrected chi connectivity index (χ3v) is 5.71. The summed E-state index contributed by atoms with van der Waals surface area (Å²) in [6, 6.07) is 19.5. The maximum atomic E-state index is 12.8. The SMILES string of the molecule is CN(C)c1cccc2c(S(=O)(=O)C(=O)C=Cc3ccccc3)cccc12. The lowest BCUT2D eigenvalue weighted by atomic mass is 10.1. The summed E-state index contributed by atoms with van der Waals surface area (Å²) >= 11 is 0. The molecule has 0 radical (unpaired) electrons. The molecule has 26 heavy (non-hydrogen) atoms. The Balaban J connectivity index is 2.06. The van der Waals surface area contributed by atoms with Crippen molar-refractivity contribution in [3.63, 3.8) is 0 Å². The van der Waals surface area contributed by atoms with Gasteiger partial charge in [0.15, 0.2) is 0 Å². The molecule has 0 atom stereocenters. The number of anilines is 1. The predicted octanol–water partition coefficient (Wildman–Crippen LogP) is 3.92. The Bertz CT molecular complexity index is 1080. The zero-order valence-electron chi connectivity index (χ0n) is 14.6. The highest BCUT2D eigenvalue weighted by molar-refractivity contribution is 8.06. The molecule has 0 heterocycles. The van der Waals surface area contributed by atoms with E-state index in [-0.39, 0.29) is 4.90 Å². The Labute approximate surface area is 153 Å². The molecule has 0 N–H and O–H groups in total. The first-order valence-electron chi connectivity index (χ1n) is 8.12. The summed E-state index contributed by atoms with van der Waals surface area (Å²) in [6.07, 6.45) is 2.62. The highest BCUT2D eigenvalue weighted by Gasteiger charge is 2.25. The minimum absolute atomic E-state index is 0.0291. The zero-order chi connectivity index (χ0) is 18.7. The second kappa shape index (κ2) is 7.14. The lowest BCUT2D eigenvalue weighted by Gasteiger charge is -2.16. The van der Waals surface area contributed by atoms with E-state index in [0.717, 1.165) is 22.7 Å². The van der Waals surface area contributed by atoms with Crippen molar-refractivity contribution < 1.29 is 13.2 Å². The van der Waals surface area contributed by atoms with E-state index in [9.17, 15) is 13.2 Å². The number of sulfone groups is 1. The van der Waals surface area contributed by atoms with Crippen LogP contribution in [0.2, 0.25) is 0 Å². The summed E-state index contributed by atoms with van der Waals surface area (Å²) in [5, 5.41) is 0.405. The van der Waals surface area contributed by atoms with Crippen LogP contribution in [0.1, 0.15) is 5.56 Å². The van der Waals surface area contributed by atoms with Crippen LogP contribution in [0.5, 0.6) is 0 Å². The predicted molar refractivity (Wildman–Crippen MR) is 106 cm³/mol. The monoisotopic (exact) mass is 365 g/mol. The molecule has 4 nitrogen and oxygen atoms in total. The van der Waals surface area contributed by atoms with E-state index in [0.29, 0.717) is 5.39 Å². The van der Waals surface area contributed by atoms with E-state index in [1.165, 1.54) is 12.1 Å². The summed E-state index contributed by atoms with van der Waals surface area (Å²) in [7, 11) is -0.337. The summed E-state index contributed by atoms with van der Waals surface area (Å²) in [5.41, 5.74) is 1.66. The standard InChI is InChI=1S/C21H19NO3S/c1-22(2)19-12-6-11-18-17(19)10-7-13-20(18)26(24,25)21(23)15-14-16-8-4-3-5-9-16/h3-15H,1-2H3. The summed E-state index contributed by atoms with van der Waals surface area (Å²) in [5.74, 6) is 0. The van der Waals surface area contributed by atoms with Crippen molar-refractivity contribution in [1.29, 1.82) is 0 Å². The number of hydrogen-bond acceptors (Lipinski definition) is 4. The van der Waals surface area contributed by atoms with Gasteiger partial charge in [-0.1, -0.05) is 60.7 Å². The molecule has 0 saturated heterocycles. The fourth-order valence-corrected chi connectivity index (χ4v) is 4.00. The Kier molecular flexibility index (Phi) is 4.91. The van der Waals surface area contributed by atoms with Crippen LogP contribution >= 0.6 is 0 Å². The molecule has 0 amide bonds. The lowest BCUT2D eigenvalue weighted by molar-refractivity contribution is -0.107. The number of fused-ring (bicyclic) bond motifs is 1. The summed E-state index contributed by atoms with van der Waals surface area (Å²) in [4.78, 5) is 14.4. The van der Waals surface area contributed by atoms with Crippen molar-refractivity contribution in [2.75, 3.05) is 19.0 Å². The quantitative estimate of drug-likeness (QED) is 0.658. The third-order valence-electron chi connectivity index (χ3n) is 4.11. The van der Waals surface area contributed by atoms with Gasteiger partial charge in [0, 0.05) is 30.6 Å². The Hall–Kier alpha value is -2.92. The molecule has 0 aliphatic heterocycles. The highest BCUT2D eigenvalue weighted by Crippen LogP contribution is 2.31. The van der Waals surface area contributed by atoms with Crippen LogP contribution in [-0.4, -0.2) is 27.6 Å². The third kappa shape index (κ3) is 3.39. The van der Waals surface area contributed by atoms with Gasteiger partial charge >= 0.3 is 0 Å². The van der Waals surface area contributed by atoms with E-state index in [1.54, 1.807) is 30.3 Å². The molecule has 3 rings (SSSR count). The number of benzene rings is 3. The van der Waals surface area contributed by atoms with E-state index < -0.39 is 15.0 Å². The minimum Gasteiger partial charge on any atom is -0.377 e. The van der Waals surface area contributed by atoms with Gasteiger partial charge in [-0.3, -0.25) is 4.79 Å². The number of nitrogens with zero attached hydrogens (tertiary/aromatic N) is 1. The minimum atomic E-state index is -4.12. The first kappa shape index (κ1) is 17.9. The van der Waals surface area contributed by atoms with Crippen LogP contribution in [0.4, 0.5) is 5.69 Å². The molecule has 0 saturated carbocycles. The van der Waals surface area contributed by atoms with Gasteiger partial charge in [0.1, 0.15) is 0 Å². The van der Waals surface area contributed by atoms with Crippen molar-refractivity contribution in [2.45, 2.75) is 4.90 Å². The van der Waals surface area contributed by atoms with Crippen LogP contribution < -0.4 is 4.90 Å². The molecule has 0 aromatic heterocycles. The van der Waals surface area contributed by atoms with Crippen molar-refractivity contribution in [1.82, 2.24) is 0 Å². The molecule has 132 valence electrons. The van der Waals surface area contributed by atoms with Crippen molar-refractivity contribution in [3.8, 4) is 0 Å². The molecular weight excluding hydrogens is 346 g/mol. The van der Waals surface area contributed by atoms with Crippen LogP contribution in [0.3, 0.4) is 0 Å². The Morgan fingerprint density at radius 2 is 1.50 bits per heavy atom. The number of hydrogen-bond donors (Lipinski definition) is 0. The Morgan fingerprint density at radius 3 is 2.19 bits per heavy atom. The van der Waals surface area contributed by atoms with Crippen LogP contribution in [0.15, 0.2) is 77.7 Å². The smallest absolute Gasteiger partial charge is 0.274 e. The average Bonchev–Trinajstić information content (AvgIpc) is 2.65. The van der Waals surface area contributed by atoms with Crippen LogP contribution in [-0.2, 0) is 14.6 Å². The fraction of sp³-hybridized carbons (Fsp3) is 0.0952. The second-order valence-electron chi connectivity index (χ2n) is 6.09. The molecule has 3 aromatic rings.